The number of hydrogen-bond donors (Lipinski definition) is 0. The molecule has 2 aromatic rings. The van der Waals surface area contributed by atoms with Gasteiger partial charge in [-0.3, -0.25) is 0 Å². The minimum atomic E-state index is -1.21. The molecule has 0 unspecified atom stereocenters. The molecule has 2 rings (SSSR count). The van der Waals surface area contributed by atoms with Crippen molar-refractivity contribution in [2.75, 3.05) is 0 Å². The lowest BCUT2D eigenvalue weighted by Gasteiger charge is -2.12. The first kappa shape index (κ1) is 15.7. The zero-order chi connectivity index (χ0) is 14.4. The number of rotatable bonds is 3. The first-order valence-corrected chi connectivity index (χ1v) is 16.0. The highest BCUT2D eigenvalue weighted by atomic mass is 79.9. The van der Waals surface area contributed by atoms with Crippen LogP contribution in [0.5, 0.6) is 0 Å². The van der Waals surface area contributed by atoms with Crippen molar-refractivity contribution in [2.45, 2.75) is 39.3 Å². The summed E-state index contributed by atoms with van der Waals surface area (Å²) >= 11 is 7.62. The molecule has 104 valence electrons. The minimum absolute atomic E-state index is 1.18. The van der Waals surface area contributed by atoms with E-state index in [-0.39, 0.29) is 0 Å². The molecule has 0 spiro atoms. The molecule has 5 heteroatoms. The summed E-state index contributed by atoms with van der Waals surface area (Å²) in [5.74, 6) is 0. The third-order valence-electron chi connectivity index (χ3n) is 3.08. The fourth-order valence-corrected chi connectivity index (χ4v) is 8.71. The average Bonchev–Trinajstić information content (AvgIpc) is 2.80. The Balaban J connectivity index is 2.43. The van der Waals surface area contributed by atoms with Crippen LogP contribution in [0, 0.1) is 0 Å². The van der Waals surface area contributed by atoms with Crippen LogP contribution in [0.25, 0.3) is 11.1 Å². The second-order valence-electron chi connectivity index (χ2n) is 7.00. The lowest BCUT2D eigenvalue weighted by Crippen LogP contribution is -2.35. The van der Waals surface area contributed by atoms with E-state index in [1.807, 2.05) is 22.7 Å². The van der Waals surface area contributed by atoms with E-state index in [2.05, 4.69) is 72.7 Å². The number of halogens is 1. The first-order valence-electron chi connectivity index (χ1n) is 6.48. The quantitative estimate of drug-likeness (QED) is 0.623. The Morgan fingerprint density at radius 1 is 0.895 bits per heavy atom. The van der Waals surface area contributed by atoms with Gasteiger partial charge < -0.3 is 0 Å². The molecule has 0 bridgehead atoms. The Labute approximate surface area is 135 Å². The normalized spacial score (nSPS) is 13.0. The van der Waals surface area contributed by atoms with E-state index < -0.39 is 16.1 Å². The Morgan fingerprint density at radius 3 is 1.89 bits per heavy atom. The standard InChI is InChI=1S/C14H21BrS2Si2/c1-18(2,3)12-7-10(9-16-12)11-8-13(17-14(11)15)19(4,5)6/h7-9H,1-6H3. The average molecular weight is 390 g/mol. The molecule has 0 aliphatic rings. The van der Waals surface area contributed by atoms with Crippen LogP contribution in [-0.4, -0.2) is 16.1 Å². The molecule has 0 nitrogen and oxygen atoms in total. The fraction of sp³-hybridized carbons (Fsp3) is 0.429. The molecule has 2 heterocycles. The highest BCUT2D eigenvalue weighted by molar-refractivity contribution is 9.11. The lowest BCUT2D eigenvalue weighted by atomic mass is 10.2. The van der Waals surface area contributed by atoms with E-state index in [0.717, 1.165) is 0 Å². The van der Waals surface area contributed by atoms with Gasteiger partial charge in [-0.05, 0) is 48.0 Å². The van der Waals surface area contributed by atoms with E-state index in [9.17, 15) is 0 Å². The highest BCUT2D eigenvalue weighted by Crippen LogP contribution is 2.34. The van der Waals surface area contributed by atoms with E-state index in [1.165, 1.54) is 14.9 Å². The monoisotopic (exact) mass is 388 g/mol. The van der Waals surface area contributed by atoms with E-state index in [0.29, 0.717) is 0 Å². The van der Waals surface area contributed by atoms with Gasteiger partial charge in [-0.15, -0.1) is 11.3 Å². The maximum atomic E-state index is 3.76. The Hall–Kier alpha value is 0.314. The van der Waals surface area contributed by atoms with Gasteiger partial charge in [0.2, 0.25) is 0 Å². The van der Waals surface area contributed by atoms with Crippen LogP contribution in [0.3, 0.4) is 0 Å². The van der Waals surface area contributed by atoms with Crippen LogP contribution in [-0.2, 0) is 0 Å². The molecule has 0 atom stereocenters. The van der Waals surface area contributed by atoms with Gasteiger partial charge >= 0.3 is 0 Å². The van der Waals surface area contributed by atoms with Crippen LogP contribution >= 0.6 is 38.6 Å². The third kappa shape index (κ3) is 3.50. The van der Waals surface area contributed by atoms with Crippen molar-refractivity contribution in [2.24, 2.45) is 0 Å². The molecule has 0 fully saturated rings. The SMILES string of the molecule is C[Si](C)(C)c1cc(-c2cc([Si](C)(C)C)sc2Br)cs1. The highest BCUT2D eigenvalue weighted by Gasteiger charge is 2.23. The molecule has 0 saturated carbocycles. The molecule has 19 heavy (non-hydrogen) atoms. The van der Waals surface area contributed by atoms with Crippen molar-refractivity contribution in [3.8, 4) is 11.1 Å². The van der Waals surface area contributed by atoms with Crippen LogP contribution in [0.4, 0.5) is 0 Å². The Bertz CT molecular complexity index is 585. The molecular weight excluding hydrogens is 368 g/mol. The predicted octanol–water partition coefficient (Wildman–Crippen LogP) is 5.33. The number of thiophene rings is 2. The van der Waals surface area contributed by atoms with Gasteiger partial charge in [0.15, 0.2) is 0 Å². The van der Waals surface area contributed by atoms with Crippen LogP contribution < -0.4 is 9.00 Å². The Kier molecular flexibility index (Phi) is 4.34. The van der Waals surface area contributed by atoms with Gasteiger partial charge in [0.05, 0.1) is 19.9 Å². The summed E-state index contributed by atoms with van der Waals surface area (Å²) < 4.78 is 4.47. The molecule has 0 amide bonds. The molecular formula is C14H21BrS2Si2. The zero-order valence-corrected chi connectivity index (χ0v) is 17.6. The fourth-order valence-electron chi connectivity index (χ4n) is 1.81. The molecule has 0 saturated heterocycles. The van der Waals surface area contributed by atoms with Crippen LogP contribution in [0.2, 0.25) is 39.3 Å². The van der Waals surface area contributed by atoms with Crippen molar-refractivity contribution >= 4 is 63.8 Å². The number of hydrogen-bond acceptors (Lipinski definition) is 2. The van der Waals surface area contributed by atoms with Gasteiger partial charge in [-0.1, -0.05) is 39.3 Å². The molecule has 0 radical (unpaired) electrons. The maximum Gasteiger partial charge on any atom is 0.0904 e. The summed E-state index contributed by atoms with van der Waals surface area (Å²) in [7, 11) is -2.38. The summed E-state index contributed by atoms with van der Waals surface area (Å²) in [6, 6.07) is 4.83. The summed E-state index contributed by atoms with van der Waals surface area (Å²) in [5.41, 5.74) is 2.79. The van der Waals surface area contributed by atoms with Crippen LogP contribution in [0.15, 0.2) is 21.3 Å². The second-order valence-corrected chi connectivity index (χ2v) is 21.1. The van der Waals surface area contributed by atoms with E-state index in [4.69, 9.17) is 0 Å². The summed E-state index contributed by atoms with van der Waals surface area (Å²) in [4.78, 5) is 0. The maximum absolute atomic E-state index is 3.76. The first-order chi connectivity index (χ1) is 8.59. The second kappa shape index (κ2) is 5.26. The summed E-state index contributed by atoms with van der Waals surface area (Å²) in [6.07, 6.45) is 0. The molecule has 0 aliphatic carbocycles. The van der Waals surface area contributed by atoms with Crippen molar-refractivity contribution in [3.63, 3.8) is 0 Å². The van der Waals surface area contributed by atoms with E-state index >= 15 is 0 Å². The predicted molar refractivity (Wildman–Crippen MR) is 101 cm³/mol. The molecule has 2 aromatic heterocycles. The largest absolute Gasteiger partial charge is 0.153 e. The van der Waals surface area contributed by atoms with Gasteiger partial charge in [0.25, 0.3) is 0 Å². The molecule has 0 aromatic carbocycles. The van der Waals surface area contributed by atoms with Crippen molar-refractivity contribution in [3.05, 3.63) is 21.3 Å². The van der Waals surface area contributed by atoms with Gasteiger partial charge in [-0.25, -0.2) is 0 Å². The van der Waals surface area contributed by atoms with Crippen LogP contribution in [0.1, 0.15) is 0 Å². The molecule has 0 aliphatic heterocycles. The van der Waals surface area contributed by atoms with Gasteiger partial charge in [-0.2, -0.15) is 11.3 Å². The topological polar surface area (TPSA) is 0 Å². The van der Waals surface area contributed by atoms with Gasteiger partial charge in [0, 0.05) is 5.56 Å². The van der Waals surface area contributed by atoms with Crippen molar-refractivity contribution in [1.82, 2.24) is 0 Å². The summed E-state index contributed by atoms with van der Waals surface area (Å²) in [5, 5.41) is 2.33. The third-order valence-corrected chi connectivity index (χ3v) is 13.0. The van der Waals surface area contributed by atoms with Crippen molar-refractivity contribution in [1.29, 1.82) is 0 Å². The lowest BCUT2D eigenvalue weighted by molar-refractivity contribution is 1.75. The smallest absolute Gasteiger partial charge is 0.0904 e. The Morgan fingerprint density at radius 2 is 1.47 bits per heavy atom. The van der Waals surface area contributed by atoms with Gasteiger partial charge in [0.1, 0.15) is 0 Å². The minimum Gasteiger partial charge on any atom is -0.153 e. The summed E-state index contributed by atoms with van der Waals surface area (Å²) in [6.45, 7) is 14.5. The van der Waals surface area contributed by atoms with E-state index in [1.54, 1.807) is 9.00 Å². The molecule has 0 N–H and O–H groups in total. The van der Waals surface area contributed by atoms with Crippen molar-refractivity contribution < 1.29 is 0 Å². The zero-order valence-electron chi connectivity index (χ0n) is 12.4.